The van der Waals surface area contributed by atoms with Gasteiger partial charge in [0.15, 0.2) is 0 Å². The minimum Gasteiger partial charge on any atom is -0.362 e. The van der Waals surface area contributed by atoms with Crippen LogP contribution >= 0.6 is 0 Å². The number of nitrogens with zero attached hydrogens (tertiary/aromatic N) is 1. The standard InChI is InChI=1S/C30H38FN5O3/c1-3-20-12-7-8-15-36(20)26(37)17-25(34-29(38)22-16-21(22)19-10-5-4-6-11-19)30(39)32-18(2)28-33-24-14-9-13-23(31)27(24)35-28/h4-6,9-11,13-14,18,20-22,25,28,33,35H,3,7-8,12,15-17H2,1-2H3,(H,32,39)(H,34,38)/t18-,20-,21+,22-,25-,28?/m0/s1. The van der Waals surface area contributed by atoms with Crippen molar-refractivity contribution in [1.29, 1.82) is 0 Å². The molecule has 1 saturated carbocycles. The van der Waals surface area contributed by atoms with Crippen LogP contribution in [0.15, 0.2) is 48.5 Å². The first-order valence-corrected chi connectivity index (χ1v) is 14.1. The number of anilines is 2. The van der Waals surface area contributed by atoms with Crippen LogP contribution < -0.4 is 21.3 Å². The number of hydrogen-bond acceptors (Lipinski definition) is 5. The van der Waals surface area contributed by atoms with Crippen molar-refractivity contribution in [2.45, 2.75) is 82.6 Å². The number of piperidine rings is 1. The van der Waals surface area contributed by atoms with Gasteiger partial charge in [0, 0.05) is 18.5 Å². The van der Waals surface area contributed by atoms with Crippen molar-refractivity contribution in [1.82, 2.24) is 15.5 Å². The predicted molar refractivity (Wildman–Crippen MR) is 149 cm³/mol. The molecular weight excluding hydrogens is 497 g/mol. The highest BCUT2D eigenvalue weighted by Crippen LogP contribution is 2.47. The number of amides is 3. The quantitative estimate of drug-likeness (QED) is 0.389. The third kappa shape index (κ3) is 6.02. The summed E-state index contributed by atoms with van der Waals surface area (Å²) >= 11 is 0. The molecule has 2 aromatic rings. The molecule has 1 aliphatic carbocycles. The zero-order valence-electron chi connectivity index (χ0n) is 22.6. The van der Waals surface area contributed by atoms with Gasteiger partial charge in [-0.3, -0.25) is 14.4 Å². The van der Waals surface area contributed by atoms with E-state index in [1.54, 1.807) is 19.1 Å². The minimum atomic E-state index is -0.996. The molecule has 5 rings (SSSR count). The fourth-order valence-corrected chi connectivity index (χ4v) is 5.90. The maximum absolute atomic E-state index is 14.2. The van der Waals surface area contributed by atoms with Crippen LogP contribution in [0.2, 0.25) is 0 Å². The molecule has 3 aliphatic rings. The number of likely N-dealkylation sites (tertiary alicyclic amines) is 1. The zero-order chi connectivity index (χ0) is 27.5. The highest BCUT2D eigenvalue weighted by molar-refractivity contribution is 5.94. The number of benzene rings is 2. The number of halogens is 1. The van der Waals surface area contributed by atoms with Crippen LogP contribution in [0, 0.1) is 11.7 Å². The van der Waals surface area contributed by atoms with Crippen molar-refractivity contribution in [3.8, 4) is 0 Å². The third-order valence-corrected chi connectivity index (χ3v) is 8.28. The summed E-state index contributed by atoms with van der Waals surface area (Å²) in [5.41, 5.74) is 2.09. The zero-order valence-corrected chi connectivity index (χ0v) is 22.6. The van der Waals surface area contributed by atoms with Gasteiger partial charge in [0.1, 0.15) is 18.0 Å². The summed E-state index contributed by atoms with van der Waals surface area (Å²) in [4.78, 5) is 42.0. The molecule has 6 atom stereocenters. The lowest BCUT2D eigenvalue weighted by Gasteiger charge is -2.36. The van der Waals surface area contributed by atoms with E-state index in [4.69, 9.17) is 0 Å². The smallest absolute Gasteiger partial charge is 0.243 e. The largest absolute Gasteiger partial charge is 0.362 e. The molecular formula is C30H38FN5O3. The van der Waals surface area contributed by atoms with E-state index in [0.717, 1.165) is 37.7 Å². The van der Waals surface area contributed by atoms with Gasteiger partial charge >= 0.3 is 0 Å². The number of hydrogen-bond donors (Lipinski definition) is 4. The van der Waals surface area contributed by atoms with Gasteiger partial charge in [0.2, 0.25) is 17.7 Å². The molecule has 2 aromatic carbocycles. The van der Waals surface area contributed by atoms with Gasteiger partial charge in [-0.15, -0.1) is 0 Å². The molecule has 1 saturated heterocycles. The summed E-state index contributed by atoms with van der Waals surface area (Å²) in [5, 5.41) is 12.1. The molecule has 8 nitrogen and oxygen atoms in total. The Morgan fingerprint density at radius 1 is 1.05 bits per heavy atom. The van der Waals surface area contributed by atoms with Crippen LogP contribution in [0.1, 0.15) is 63.9 Å². The maximum Gasteiger partial charge on any atom is 0.243 e. The Balaban J connectivity index is 1.26. The Morgan fingerprint density at radius 2 is 1.85 bits per heavy atom. The molecule has 0 radical (unpaired) electrons. The van der Waals surface area contributed by atoms with E-state index < -0.39 is 24.2 Å². The van der Waals surface area contributed by atoms with E-state index in [2.05, 4.69) is 28.2 Å². The summed E-state index contributed by atoms with van der Waals surface area (Å²) in [7, 11) is 0. The number of fused-ring (bicyclic) bond motifs is 1. The summed E-state index contributed by atoms with van der Waals surface area (Å²) in [6, 6.07) is 13.4. The van der Waals surface area contributed by atoms with Gasteiger partial charge in [0.05, 0.1) is 23.8 Å². The predicted octanol–water partition coefficient (Wildman–Crippen LogP) is 3.96. The van der Waals surface area contributed by atoms with Crippen LogP contribution in [0.5, 0.6) is 0 Å². The molecule has 9 heteroatoms. The fraction of sp³-hybridized carbons (Fsp3) is 0.500. The fourth-order valence-electron chi connectivity index (χ4n) is 5.90. The minimum absolute atomic E-state index is 0.0934. The molecule has 2 aliphatic heterocycles. The number of carbonyl (C=O) groups excluding carboxylic acids is 3. The summed E-state index contributed by atoms with van der Waals surface area (Å²) in [5.74, 6) is -1.22. The SMILES string of the molecule is CC[C@H]1CCCCN1C(=O)C[C@H](NC(=O)[C@H]1C[C@@H]1c1ccccc1)C(=O)N[C@@H](C)C1Nc2cccc(F)c2N1. The van der Waals surface area contributed by atoms with Gasteiger partial charge in [-0.1, -0.05) is 43.3 Å². The van der Waals surface area contributed by atoms with Crippen LogP contribution in [0.3, 0.4) is 0 Å². The second-order valence-electron chi connectivity index (χ2n) is 11.0. The van der Waals surface area contributed by atoms with Gasteiger partial charge in [0.25, 0.3) is 0 Å². The van der Waals surface area contributed by atoms with Crippen LogP contribution in [-0.2, 0) is 14.4 Å². The lowest BCUT2D eigenvalue weighted by atomic mass is 9.98. The highest BCUT2D eigenvalue weighted by atomic mass is 19.1. The number of rotatable bonds is 9. The maximum atomic E-state index is 14.2. The monoisotopic (exact) mass is 535 g/mol. The second kappa shape index (κ2) is 11.6. The van der Waals surface area contributed by atoms with Crippen LogP contribution in [-0.4, -0.2) is 53.5 Å². The van der Waals surface area contributed by atoms with Crippen LogP contribution in [0.4, 0.5) is 15.8 Å². The molecule has 1 unspecified atom stereocenters. The van der Waals surface area contributed by atoms with E-state index in [1.807, 2.05) is 35.2 Å². The molecule has 0 spiro atoms. The lowest BCUT2D eigenvalue weighted by molar-refractivity contribution is -0.139. The average Bonchev–Trinajstić information content (AvgIpc) is 3.63. The molecule has 4 N–H and O–H groups in total. The molecule has 2 fully saturated rings. The lowest BCUT2D eigenvalue weighted by Crippen LogP contribution is -2.55. The number of nitrogens with one attached hydrogen (secondary N) is 4. The highest BCUT2D eigenvalue weighted by Gasteiger charge is 2.45. The van der Waals surface area contributed by atoms with Crippen LogP contribution in [0.25, 0.3) is 0 Å². The molecule has 2 heterocycles. The Bertz CT molecular complexity index is 1210. The molecule has 3 amide bonds. The van der Waals surface area contributed by atoms with Crippen molar-refractivity contribution >= 4 is 29.1 Å². The van der Waals surface area contributed by atoms with Crippen molar-refractivity contribution in [3.63, 3.8) is 0 Å². The third-order valence-electron chi connectivity index (χ3n) is 8.28. The Labute approximate surface area is 229 Å². The Kier molecular flexibility index (Phi) is 8.04. The first kappa shape index (κ1) is 27.0. The van der Waals surface area contributed by atoms with E-state index in [0.29, 0.717) is 17.9 Å². The summed E-state index contributed by atoms with van der Waals surface area (Å²) in [6.07, 6.45) is 4.04. The van der Waals surface area contributed by atoms with Crippen molar-refractivity contribution in [3.05, 3.63) is 59.9 Å². The van der Waals surface area contributed by atoms with E-state index in [9.17, 15) is 18.8 Å². The van der Waals surface area contributed by atoms with Gasteiger partial charge in [-0.25, -0.2) is 4.39 Å². The average molecular weight is 536 g/mol. The molecule has 0 bridgehead atoms. The van der Waals surface area contributed by atoms with E-state index in [1.165, 1.54) is 6.07 Å². The summed E-state index contributed by atoms with van der Waals surface area (Å²) in [6.45, 7) is 4.55. The number of para-hydroxylation sites is 1. The second-order valence-corrected chi connectivity index (χ2v) is 11.0. The van der Waals surface area contributed by atoms with E-state index in [-0.39, 0.29) is 41.9 Å². The number of carbonyl (C=O) groups is 3. The Hall–Kier alpha value is -3.62. The topological polar surface area (TPSA) is 103 Å². The first-order chi connectivity index (χ1) is 18.9. The molecule has 208 valence electrons. The van der Waals surface area contributed by atoms with Crippen molar-refractivity contribution in [2.75, 3.05) is 17.2 Å². The van der Waals surface area contributed by atoms with Gasteiger partial charge in [-0.05, 0) is 62.6 Å². The normalized spacial score (nSPS) is 24.9. The molecule has 0 aromatic heterocycles. The Morgan fingerprint density at radius 3 is 2.59 bits per heavy atom. The van der Waals surface area contributed by atoms with Crippen molar-refractivity contribution < 1.29 is 18.8 Å². The van der Waals surface area contributed by atoms with Gasteiger partial charge in [-0.2, -0.15) is 0 Å². The molecule has 39 heavy (non-hydrogen) atoms. The summed E-state index contributed by atoms with van der Waals surface area (Å²) < 4.78 is 14.2. The van der Waals surface area contributed by atoms with Crippen molar-refractivity contribution in [2.24, 2.45) is 5.92 Å². The first-order valence-electron chi connectivity index (χ1n) is 14.1. The van der Waals surface area contributed by atoms with E-state index >= 15 is 0 Å². The van der Waals surface area contributed by atoms with Gasteiger partial charge < -0.3 is 26.2 Å².